The number of aryl methyl sites for hydroxylation is 2. The van der Waals surface area contributed by atoms with E-state index in [1.165, 1.54) is 16.1 Å². The molecule has 0 saturated heterocycles. The minimum absolute atomic E-state index is 0.140. The lowest BCUT2D eigenvalue weighted by Crippen LogP contribution is -2.21. The van der Waals surface area contributed by atoms with E-state index in [1.54, 1.807) is 6.92 Å². The van der Waals surface area contributed by atoms with E-state index >= 15 is 0 Å². The van der Waals surface area contributed by atoms with E-state index in [1.807, 2.05) is 68.4 Å². The number of nitrogens with one attached hydrogen (secondary N) is 1. The molecule has 0 aliphatic carbocycles. The van der Waals surface area contributed by atoms with Gasteiger partial charge in [0.1, 0.15) is 17.1 Å². The molecule has 0 bridgehead atoms. The molecule has 168 valence electrons. The zero-order valence-electron chi connectivity index (χ0n) is 18.5. The number of benzene rings is 2. The second-order valence-corrected chi connectivity index (χ2v) is 8.61. The van der Waals surface area contributed by atoms with Crippen LogP contribution in [0.2, 0.25) is 0 Å². The van der Waals surface area contributed by atoms with Gasteiger partial charge in [-0.05, 0) is 31.5 Å². The van der Waals surface area contributed by atoms with Crippen LogP contribution in [-0.4, -0.2) is 38.7 Å². The van der Waals surface area contributed by atoms with E-state index in [0.29, 0.717) is 16.4 Å². The summed E-state index contributed by atoms with van der Waals surface area (Å²) in [5.74, 6) is -0.406. The minimum atomic E-state index is -0.474. The van der Waals surface area contributed by atoms with Crippen LogP contribution in [0.5, 0.6) is 0 Å². The fraction of sp³-hybridized carbons (Fsp3) is 0.208. The van der Waals surface area contributed by atoms with E-state index in [0.717, 1.165) is 27.1 Å². The molecule has 9 heteroatoms. The first-order valence-corrected chi connectivity index (χ1v) is 11.3. The maximum Gasteiger partial charge on any atom is 0.341 e. The normalized spacial score (nSPS) is 10.8. The van der Waals surface area contributed by atoms with E-state index in [4.69, 9.17) is 4.74 Å². The van der Waals surface area contributed by atoms with Crippen molar-refractivity contribution >= 4 is 28.2 Å². The van der Waals surface area contributed by atoms with Gasteiger partial charge >= 0.3 is 5.97 Å². The summed E-state index contributed by atoms with van der Waals surface area (Å²) in [6, 6.07) is 17.3. The van der Waals surface area contributed by atoms with Crippen molar-refractivity contribution in [3.05, 3.63) is 70.6 Å². The van der Waals surface area contributed by atoms with Gasteiger partial charge in [0.05, 0.1) is 6.61 Å². The van der Waals surface area contributed by atoms with Crippen LogP contribution in [0.15, 0.2) is 54.6 Å². The predicted octanol–water partition coefficient (Wildman–Crippen LogP) is 4.50. The Hall–Kier alpha value is -3.85. The third-order valence-electron chi connectivity index (χ3n) is 4.93. The number of hydrogen-bond acceptors (Lipinski definition) is 7. The van der Waals surface area contributed by atoms with Crippen LogP contribution in [0, 0.1) is 13.8 Å². The number of thiophene rings is 1. The number of amides is 1. The van der Waals surface area contributed by atoms with Crippen molar-refractivity contribution in [2.24, 2.45) is 0 Å². The van der Waals surface area contributed by atoms with Gasteiger partial charge in [-0.25, -0.2) is 4.79 Å². The summed E-state index contributed by atoms with van der Waals surface area (Å²) in [6.07, 6.45) is 0. The lowest BCUT2D eigenvalue weighted by atomic mass is 10.0. The van der Waals surface area contributed by atoms with Crippen molar-refractivity contribution in [1.82, 2.24) is 20.2 Å². The zero-order valence-corrected chi connectivity index (χ0v) is 19.3. The van der Waals surface area contributed by atoms with Crippen molar-refractivity contribution in [3.8, 4) is 22.5 Å². The first kappa shape index (κ1) is 22.3. The second kappa shape index (κ2) is 9.74. The van der Waals surface area contributed by atoms with E-state index in [2.05, 4.69) is 20.7 Å². The third-order valence-corrected chi connectivity index (χ3v) is 5.95. The topological polar surface area (TPSA) is 99.0 Å². The second-order valence-electron chi connectivity index (χ2n) is 7.38. The Kier molecular flexibility index (Phi) is 6.60. The van der Waals surface area contributed by atoms with Crippen LogP contribution >= 0.6 is 11.3 Å². The van der Waals surface area contributed by atoms with Crippen molar-refractivity contribution in [3.63, 3.8) is 0 Å². The summed E-state index contributed by atoms with van der Waals surface area (Å²) in [4.78, 5) is 27.7. The Balaban J connectivity index is 1.59. The van der Waals surface area contributed by atoms with Crippen LogP contribution in [-0.2, 0) is 16.1 Å². The minimum Gasteiger partial charge on any atom is -0.462 e. The number of nitrogens with zero attached hydrogens (tertiary/aromatic N) is 4. The zero-order chi connectivity index (χ0) is 23.4. The molecule has 0 aliphatic rings. The summed E-state index contributed by atoms with van der Waals surface area (Å²) in [7, 11) is 0. The Morgan fingerprint density at radius 2 is 1.76 bits per heavy atom. The fourth-order valence-electron chi connectivity index (χ4n) is 3.41. The summed E-state index contributed by atoms with van der Waals surface area (Å²) in [6.45, 7) is 5.77. The van der Waals surface area contributed by atoms with Gasteiger partial charge in [-0.15, -0.1) is 21.5 Å². The molecule has 4 rings (SSSR count). The number of esters is 1. The average Bonchev–Trinajstić information content (AvgIpc) is 3.39. The van der Waals surface area contributed by atoms with E-state index in [-0.39, 0.29) is 19.1 Å². The van der Waals surface area contributed by atoms with Gasteiger partial charge in [-0.1, -0.05) is 60.2 Å². The number of ether oxygens (including phenoxy) is 1. The maximum atomic E-state index is 12.8. The fourth-order valence-corrected chi connectivity index (χ4v) is 4.49. The highest BCUT2D eigenvalue weighted by molar-refractivity contribution is 7.17. The SMILES string of the molecule is CCOC(=O)c1c(NC(=O)Cn2nnc(-c3ccccc3)n2)sc(C)c1-c1ccc(C)cc1. The highest BCUT2D eigenvalue weighted by Gasteiger charge is 2.25. The van der Waals surface area contributed by atoms with E-state index < -0.39 is 5.97 Å². The Labute approximate surface area is 195 Å². The average molecular weight is 462 g/mol. The number of rotatable bonds is 7. The highest BCUT2D eigenvalue weighted by atomic mass is 32.1. The van der Waals surface area contributed by atoms with Crippen molar-refractivity contribution in [2.75, 3.05) is 11.9 Å². The Morgan fingerprint density at radius 1 is 1.03 bits per heavy atom. The summed E-state index contributed by atoms with van der Waals surface area (Å²) in [5, 5.41) is 15.5. The molecule has 0 unspecified atom stereocenters. The molecular weight excluding hydrogens is 438 g/mol. The van der Waals surface area contributed by atoms with Gasteiger partial charge < -0.3 is 10.1 Å². The molecule has 2 aromatic carbocycles. The first-order valence-electron chi connectivity index (χ1n) is 10.5. The monoisotopic (exact) mass is 461 g/mol. The number of tetrazole rings is 1. The molecule has 2 aromatic heterocycles. The molecular formula is C24H23N5O3S. The number of carbonyl (C=O) groups excluding carboxylic acids is 2. The first-order chi connectivity index (χ1) is 16.0. The third kappa shape index (κ3) is 4.98. The number of aromatic nitrogens is 4. The molecule has 1 N–H and O–H groups in total. The predicted molar refractivity (Wildman–Crippen MR) is 127 cm³/mol. The summed E-state index contributed by atoms with van der Waals surface area (Å²) < 4.78 is 5.30. The van der Waals surface area contributed by atoms with Crippen LogP contribution in [0.1, 0.15) is 27.7 Å². The van der Waals surface area contributed by atoms with Gasteiger partial charge in [0.2, 0.25) is 11.7 Å². The van der Waals surface area contributed by atoms with Gasteiger partial charge in [-0.3, -0.25) is 4.79 Å². The van der Waals surface area contributed by atoms with Gasteiger partial charge in [0.25, 0.3) is 0 Å². The summed E-state index contributed by atoms with van der Waals surface area (Å²) >= 11 is 1.34. The van der Waals surface area contributed by atoms with Crippen molar-refractivity contribution < 1.29 is 14.3 Å². The molecule has 33 heavy (non-hydrogen) atoms. The van der Waals surface area contributed by atoms with Crippen LogP contribution in [0.4, 0.5) is 5.00 Å². The molecule has 2 heterocycles. The molecule has 0 spiro atoms. The molecule has 0 atom stereocenters. The smallest absolute Gasteiger partial charge is 0.341 e. The Morgan fingerprint density at radius 3 is 2.45 bits per heavy atom. The molecule has 0 aliphatic heterocycles. The van der Waals surface area contributed by atoms with Gasteiger partial charge in [-0.2, -0.15) is 4.80 Å². The van der Waals surface area contributed by atoms with Crippen LogP contribution in [0.25, 0.3) is 22.5 Å². The van der Waals surface area contributed by atoms with Crippen LogP contribution in [0.3, 0.4) is 0 Å². The Bertz CT molecular complexity index is 1280. The quantitative estimate of drug-likeness (QED) is 0.407. The highest BCUT2D eigenvalue weighted by Crippen LogP contribution is 2.40. The van der Waals surface area contributed by atoms with E-state index in [9.17, 15) is 9.59 Å². The van der Waals surface area contributed by atoms with Gasteiger partial charge in [0.15, 0.2) is 0 Å². The largest absolute Gasteiger partial charge is 0.462 e. The molecule has 0 saturated carbocycles. The number of carbonyl (C=O) groups is 2. The van der Waals surface area contributed by atoms with Crippen LogP contribution < -0.4 is 5.32 Å². The molecule has 1 amide bonds. The standard InChI is InChI=1S/C24H23N5O3S/c1-4-32-24(31)21-20(17-12-10-15(2)11-13-17)16(3)33-23(21)25-19(30)14-29-27-22(26-28-29)18-8-6-5-7-9-18/h5-13H,4,14H2,1-3H3,(H,25,30). The lowest BCUT2D eigenvalue weighted by Gasteiger charge is -2.09. The molecule has 4 aromatic rings. The van der Waals surface area contributed by atoms with Crippen molar-refractivity contribution in [2.45, 2.75) is 27.3 Å². The lowest BCUT2D eigenvalue weighted by molar-refractivity contribution is -0.117. The summed E-state index contributed by atoms with van der Waals surface area (Å²) in [5.41, 5.74) is 3.94. The molecule has 8 nitrogen and oxygen atoms in total. The maximum absolute atomic E-state index is 12.8. The molecule has 0 radical (unpaired) electrons. The number of anilines is 1. The van der Waals surface area contributed by atoms with Crippen molar-refractivity contribution in [1.29, 1.82) is 0 Å². The number of hydrogen-bond donors (Lipinski definition) is 1. The van der Waals surface area contributed by atoms with Gasteiger partial charge in [0, 0.05) is 16.0 Å². The molecule has 0 fully saturated rings.